The van der Waals surface area contributed by atoms with Crippen LogP contribution in [0.1, 0.15) is 34.1 Å². The summed E-state index contributed by atoms with van der Waals surface area (Å²) in [6.45, 7) is 8.55. The number of hydrogen-bond donors (Lipinski definition) is 1. The maximum Gasteiger partial charge on any atom is 0.246 e. The monoisotopic (exact) mass is 492 g/mol. The highest BCUT2D eigenvalue weighted by molar-refractivity contribution is 5.94. The number of amides is 2. The lowest BCUT2D eigenvalue weighted by Crippen LogP contribution is -2.40. The van der Waals surface area contributed by atoms with Crippen molar-refractivity contribution in [2.24, 2.45) is 11.8 Å². The third-order valence-electron chi connectivity index (χ3n) is 5.55. The molecule has 0 saturated carbocycles. The second kappa shape index (κ2) is 12.2. The molecule has 8 nitrogen and oxygen atoms in total. The summed E-state index contributed by atoms with van der Waals surface area (Å²) in [5.41, 5.74) is 2.39. The standard InChI is InChI=1S/C28H36N4O4/c1-19(2)15-27(34)31(16-20(3)4)18-26(33)30-28-29-25(21-7-11-23(35-5)12-8-21)17-32(28)22-9-13-24(36-6)14-10-22/h7-14,17,19-20H,15-16,18H2,1-6H3,(H,29,30,33). The first-order valence-corrected chi connectivity index (χ1v) is 12.2. The zero-order valence-corrected chi connectivity index (χ0v) is 21.9. The van der Waals surface area contributed by atoms with Crippen molar-refractivity contribution in [2.45, 2.75) is 34.1 Å². The van der Waals surface area contributed by atoms with E-state index in [9.17, 15) is 9.59 Å². The van der Waals surface area contributed by atoms with Gasteiger partial charge in [-0.15, -0.1) is 0 Å². The first kappa shape index (κ1) is 26.8. The Morgan fingerprint density at radius 1 is 0.917 bits per heavy atom. The van der Waals surface area contributed by atoms with Gasteiger partial charge >= 0.3 is 0 Å². The van der Waals surface area contributed by atoms with Crippen LogP contribution in [0.2, 0.25) is 0 Å². The maximum atomic E-state index is 13.1. The number of benzene rings is 2. The Bertz CT molecular complexity index is 1150. The second-order valence-corrected chi connectivity index (χ2v) is 9.56. The average Bonchev–Trinajstić information content (AvgIpc) is 3.26. The Morgan fingerprint density at radius 3 is 2.03 bits per heavy atom. The number of anilines is 1. The van der Waals surface area contributed by atoms with E-state index in [2.05, 4.69) is 5.32 Å². The van der Waals surface area contributed by atoms with Gasteiger partial charge < -0.3 is 14.4 Å². The normalized spacial score (nSPS) is 11.0. The maximum absolute atomic E-state index is 13.1. The van der Waals surface area contributed by atoms with Crippen molar-refractivity contribution in [1.29, 1.82) is 0 Å². The van der Waals surface area contributed by atoms with Crippen molar-refractivity contribution in [3.8, 4) is 28.4 Å². The summed E-state index contributed by atoms with van der Waals surface area (Å²) in [4.78, 5) is 32.2. The Balaban J connectivity index is 1.90. The quantitative estimate of drug-likeness (QED) is 0.406. The van der Waals surface area contributed by atoms with Crippen LogP contribution in [0.25, 0.3) is 16.9 Å². The second-order valence-electron chi connectivity index (χ2n) is 9.56. The van der Waals surface area contributed by atoms with Crippen molar-refractivity contribution in [3.05, 3.63) is 54.7 Å². The first-order chi connectivity index (χ1) is 17.2. The summed E-state index contributed by atoms with van der Waals surface area (Å²) < 4.78 is 12.4. The lowest BCUT2D eigenvalue weighted by atomic mass is 10.1. The topological polar surface area (TPSA) is 85.7 Å². The number of carbonyl (C=O) groups is 2. The molecule has 3 aromatic rings. The molecular formula is C28H36N4O4. The molecule has 2 amide bonds. The predicted octanol–water partition coefficient (Wildman–Crippen LogP) is 5.03. The molecule has 1 heterocycles. The molecule has 36 heavy (non-hydrogen) atoms. The predicted molar refractivity (Wildman–Crippen MR) is 142 cm³/mol. The molecule has 2 aromatic carbocycles. The summed E-state index contributed by atoms with van der Waals surface area (Å²) in [6.07, 6.45) is 2.27. The van der Waals surface area contributed by atoms with Gasteiger partial charge in [0, 0.05) is 30.4 Å². The van der Waals surface area contributed by atoms with Crippen LogP contribution in [-0.2, 0) is 9.59 Å². The lowest BCUT2D eigenvalue weighted by molar-refractivity contribution is -0.135. The summed E-state index contributed by atoms with van der Waals surface area (Å²) in [6, 6.07) is 15.1. The number of methoxy groups -OCH3 is 2. The lowest BCUT2D eigenvalue weighted by Gasteiger charge is -2.25. The largest absolute Gasteiger partial charge is 0.497 e. The van der Waals surface area contributed by atoms with Crippen LogP contribution in [-0.4, -0.2) is 53.6 Å². The number of ether oxygens (including phenoxy) is 2. The van der Waals surface area contributed by atoms with E-state index < -0.39 is 0 Å². The van der Waals surface area contributed by atoms with E-state index in [1.54, 1.807) is 19.1 Å². The Kier molecular flexibility index (Phi) is 9.11. The molecule has 3 rings (SSSR count). The van der Waals surface area contributed by atoms with Crippen molar-refractivity contribution in [2.75, 3.05) is 32.6 Å². The molecule has 8 heteroatoms. The molecule has 0 fully saturated rings. The van der Waals surface area contributed by atoms with E-state index in [0.717, 1.165) is 22.7 Å². The molecule has 0 saturated heterocycles. The van der Waals surface area contributed by atoms with E-state index in [1.165, 1.54) is 0 Å². The number of carbonyl (C=O) groups excluding carboxylic acids is 2. The van der Waals surface area contributed by atoms with Crippen LogP contribution in [0, 0.1) is 11.8 Å². The number of rotatable bonds is 11. The molecule has 0 bridgehead atoms. The van der Waals surface area contributed by atoms with E-state index in [-0.39, 0.29) is 30.2 Å². The minimum Gasteiger partial charge on any atom is -0.497 e. The van der Waals surface area contributed by atoms with Crippen molar-refractivity contribution in [1.82, 2.24) is 14.5 Å². The molecule has 0 aliphatic rings. The van der Waals surface area contributed by atoms with Crippen LogP contribution in [0.15, 0.2) is 54.7 Å². The molecule has 0 atom stereocenters. The molecule has 0 radical (unpaired) electrons. The van der Waals surface area contributed by atoms with Crippen LogP contribution in [0.3, 0.4) is 0 Å². The highest BCUT2D eigenvalue weighted by Gasteiger charge is 2.21. The van der Waals surface area contributed by atoms with Crippen molar-refractivity contribution in [3.63, 3.8) is 0 Å². The number of aromatic nitrogens is 2. The SMILES string of the molecule is COc1ccc(-c2cn(-c3ccc(OC)cc3)c(NC(=O)CN(CC(C)C)C(=O)CC(C)C)n2)cc1. The average molecular weight is 493 g/mol. The van der Waals surface area contributed by atoms with Crippen LogP contribution < -0.4 is 14.8 Å². The van der Waals surface area contributed by atoms with Gasteiger partial charge in [0.2, 0.25) is 17.8 Å². The number of nitrogens with one attached hydrogen (secondary N) is 1. The Labute approximate surface area is 213 Å². The van der Waals surface area contributed by atoms with Gasteiger partial charge in [-0.2, -0.15) is 0 Å². The number of nitrogens with zero attached hydrogens (tertiary/aromatic N) is 3. The highest BCUT2D eigenvalue weighted by atomic mass is 16.5. The van der Waals surface area contributed by atoms with Crippen molar-refractivity contribution < 1.29 is 19.1 Å². The van der Waals surface area contributed by atoms with Crippen LogP contribution >= 0.6 is 0 Å². The van der Waals surface area contributed by atoms with Gasteiger partial charge in [-0.3, -0.25) is 19.5 Å². The molecule has 0 aliphatic carbocycles. The molecule has 0 aliphatic heterocycles. The van der Waals surface area contributed by atoms with Gasteiger partial charge in [-0.1, -0.05) is 27.7 Å². The van der Waals surface area contributed by atoms with Gasteiger partial charge in [0.25, 0.3) is 0 Å². The molecule has 1 aromatic heterocycles. The van der Waals surface area contributed by atoms with E-state index >= 15 is 0 Å². The number of hydrogen-bond acceptors (Lipinski definition) is 5. The summed E-state index contributed by atoms with van der Waals surface area (Å²) in [5, 5.41) is 2.93. The number of imidazole rings is 1. The van der Waals surface area contributed by atoms with Gasteiger partial charge in [0.15, 0.2) is 0 Å². The fourth-order valence-corrected chi connectivity index (χ4v) is 3.82. The van der Waals surface area contributed by atoms with Crippen LogP contribution in [0.5, 0.6) is 11.5 Å². The summed E-state index contributed by atoms with van der Waals surface area (Å²) in [5.74, 6) is 2.00. The third kappa shape index (κ3) is 7.10. The fourth-order valence-electron chi connectivity index (χ4n) is 3.82. The van der Waals surface area contributed by atoms with Crippen molar-refractivity contribution >= 4 is 17.8 Å². The molecular weight excluding hydrogens is 456 g/mol. The molecule has 1 N–H and O–H groups in total. The Hall–Kier alpha value is -3.81. The first-order valence-electron chi connectivity index (χ1n) is 12.2. The van der Waals surface area contributed by atoms with E-state index in [0.29, 0.717) is 24.6 Å². The third-order valence-corrected chi connectivity index (χ3v) is 5.55. The fraction of sp³-hybridized carbons (Fsp3) is 0.393. The van der Waals surface area contributed by atoms with Gasteiger partial charge in [0.1, 0.15) is 11.5 Å². The summed E-state index contributed by atoms with van der Waals surface area (Å²) >= 11 is 0. The van der Waals surface area contributed by atoms with Gasteiger partial charge in [0.05, 0.1) is 26.5 Å². The highest BCUT2D eigenvalue weighted by Crippen LogP contribution is 2.27. The molecule has 0 unspecified atom stereocenters. The van der Waals surface area contributed by atoms with E-state index in [4.69, 9.17) is 14.5 Å². The van der Waals surface area contributed by atoms with Gasteiger partial charge in [-0.05, 0) is 60.4 Å². The zero-order chi connectivity index (χ0) is 26.2. The zero-order valence-electron chi connectivity index (χ0n) is 21.9. The van der Waals surface area contributed by atoms with E-state index in [1.807, 2.05) is 87.0 Å². The smallest absolute Gasteiger partial charge is 0.246 e. The minimum absolute atomic E-state index is 0.0220. The minimum atomic E-state index is -0.297. The molecule has 0 spiro atoms. The summed E-state index contributed by atoms with van der Waals surface area (Å²) in [7, 11) is 3.23. The Morgan fingerprint density at radius 2 is 1.50 bits per heavy atom. The van der Waals surface area contributed by atoms with Crippen LogP contribution in [0.4, 0.5) is 5.95 Å². The van der Waals surface area contributed by atoms with Gasteiger partial charge in [-0.25, -0.2) is 4.98 Å². The molecule has 192 valence electrons.